The third kappa shape index (κ3) is 2.03. The van der Waals surface area contributed by atoms with E-state index in [9.17, 15) is 0 Å². The van der Waals surface area contributed by atoms with Crippen molar-refractivity contribution in [2.75, 3.05) is 7.11 Å². The van der Waals surface area contributed by atoms with E-state index in [0.717, 1.165) is 28.3 Å². The topological polar surface area (TPSA) is 53.1 Å². The molecule has 17 heavy (non-hydrogen) atoms. The number of benzene rings is 1. The predicted molar refractivity (Wildman–Crippen MR) is 67.8 cm³/mol. The molecule has 2 N–H and O–H groups in total. The summed E-state index contributed by atoms with van der Waals surface area (Å²) in [7, 11) is 3.58. The van der Waals surface area contributed by atoms with Gasteiger partial charge in [0, 0.05) is 19.2 Å². The van der Waals surface area contributed by atoms with E-state index < -0.39 is 0 Å². The van der Waals surface area contributed by atoms with Crippen LogP contribution in [0.25, 0.3) is 11.1 Å². The Hall–Kier alpha value is -1.81. The molecule has 0 aliphatic heterocycles. The quantitative estimate of drug-likeness (QED) is 0.877. The molecule has 0 unspecified atom stereocenters. The van der Waals surface area contributed by atoms with Gasteiger partial charge in [-0.15, -0.1) is 0 Å². The van der Waals surface area contributed by atoms with Crippen molar-refractivity contribution < 1.29 is 4.74 Å². The first-order chi connectivity index (χ1) is 8.17. The Labute approximate surface area is 101 Å². The number of aromatic nitrogens is 2. The van der Waals surface area contributed by atoms with Gasteiger partial charge in [0.2, 0.25) is 0 Å². The van der Waals surface area contributed by atoms with E-state index in [-0.39, 0.29) is 0 Å². The summed E-state index contributed by atoms with van der Waals surface area (Å²) in [6.45, 7) is 2.47. The van der Waals surface area contributed by atoms with Crippen LogP contribution in [0.5, 0.6) is 5.75 Å². The molecule has 2 rings (SSSR count). The average molecular weight is 231 g/mol. The van der Waals surface area contributed by atoms with Gasteiger partial charge in [-0.1, -0.05) is 12.1 Å². The second-order valence-electron chi connectivity index (χ2n) is 3.97. The summed E-state index contributed by atoms with van der Waals surface area (Å²) >= 11 is 0. The van der Waals surface area contributed by atoms with Crippen LogP contribution >= 0.6 is 0 Å². The highest BCUT2D eigenvalue weighted by atomic mass is 16.5. The Kier molecular flexibility index (Phi) is 3.15. The molecule has 1 heterocycles. The van der Waals surface area contributed by atoms with Gasteiger partial charge < -0.3 is 10.5 Å². The van der Waals surface area contributed by atoms with Crippen molar-refractivity contribution in [1.82, 2.24) is 9.78 Å². The van der Waals surface area contributed by atoms with Crippen molar-refractivity contribution in [3.05, 3.63) is 35.7 Å². The highest BCUT2D eigenvalue weighted by Crippen LogP contribution is 2.29. The fourth-order valence-corrected chi connectivity index (χ4v) is 2.09. The minimum absolute atomic E-state index is 0.476. The largest absolute Gasteiger partial charge is 0.497 e. The van der Waals surface area contributed by atoms with Gasteiger partial charge in [0.1, 0.15) is 5.75 Å². The van der Waals surface area contributed by atoms with Crippen LogP contribution in [0.2, 0.25) is 0 Å². The fraction of sp³-hybridized carbons (Fsp3) is 0.308. The fourth-order valence-electron chi connectivity index (χ4n) is 2.09. The minimum atomic E-state index is 0.476. The number of hydrogen-bond acceptors (Lipinski definition) is 3. The molecular weight excluding hydrogens is 214 g/mol. The number of methoxy groups -OCH3 is 1. The van der Waals surface area contributed by atoms with Gasteiger partial charge in [-0.2, -0.15) is 5.10 Å². The summed E-state index contributed by atoms with van der Waals surface area (Å²) in [6.07, 6.45) is 0. The van der Waals surface area contributed by atoms with Gasteiger partial charge in [-0.3, -0.25) is 4.68 Å². The lowest BCUT2D eigenvalue weighted by atomic mass is 10.0. The van der Waals surface area contributed by atoms with Crippen molar-refractivity contribution in [3.63, 3.8) is 0 Å². The molecule has 0 bridgehead atoms. The van der Waals surface area contributed by atoms with Gasteiger partial charge in [0.25, 0.3) is 0 Å². The van der Waals surface area contributed by atoms with Crippen LogP contribution < -0.4 is 10.5 Å². The Morgan fingerprint density at radius 3 is 2.82 bits per heavy atom. The number of hydrogen-bond donors (Lipinski definition) is 1. The van der Waals surface area contributed by atoms with Crippen LogP contribution in [0, 0.1) is 6.92 Å². The van der Waals surface area contributed by atoms with E-state index in [1.807, 2.05) is 42.9 Å². The Morgan fingerprint density at radius 1 is 1.41 bits per heavy atom. The molecule has 2 aromatic rings. The second kappa shape index (κ2) is 4.59. The van der Waals surface area contributed by atoms with Crippen LogP contribution in [0.4, 0.5) is 0 Å². The number of nitrogens with zero attached hydrogens (tertiary/aromatic N) is 2. The molecule has 0 radical (unpaired) electrons. The maximum atomic E-state index is 5.78. The summed E-state index contributed by atoms with van der Waals surface area (Å²) < 4.78 is 7.08. The molecule has 0 saturated carbocycles. The van der Waals surface area contributed by atoms with Crippen molar-refractivity contribution in [1.29, 1.82) is 0 Å². The third-order valence-electron chi connectivity index (χ3n) is 2.89. The molecular formula is C13H17N3O. The van der Waals surface area contributed by atoms with Crippen LogP contribution in [0.3, 0.4) is 0 Å². The smallest absolute Gasteiger partial charge is 0.119 e. The molecule has 1 aromatic heterocycles. The molecule has 1 aromatic carbocycles. The summed E-state index contributed by atoms with van der Waals surface area (Å²) in [5.41, 5.74) is 10.0. The standard InChI is InChI=1S/C13H17N3O/c1-9-13(12(8-14)16(2)15-9)10-5-4-6-11(7-10)17-3/h4-7H,8,14H2,1-3H3. The minimum Gasteiger partial charge on any atom is -0.497 e. The van der Waals surface area contributed by atoms with E-state index >= 15 is 0 Å². The first kappa shape index (κ1) is 11.7. The van der Waals surface area contributed by atoms with Crippen molar-refractivity contribution in [3.8, 4) is 16.9 Å². The average Bonchev–Trinajstić information content (AvgIpc) is 2.63. The zero-order chi connectivity index (χ0) is 12.4. The lowest BCUT2D eigenvalue weighted by Crippen LogP contribution is -2.05. The summed E-state index contributed by atoms with van der Waals surface area (Å²) in [5.74, 6) is 0.841. The summed E-state index contributed by atoms with van der Waals surface area (Å²) in [5, 5.41) is 4.41. The van der Waals surface area contributed by atoms with Gasteiger partial charge >= 0.3 is 0 Å². The second-order valence-corrected chi connectivity index (χ2v) is 3.97. The first-order valence-electron chi connectivity index (χ1n) is 5.54. The number of rotatable bonds is 3. The van der Waals surface area contributed by atoms with Gasteiger partial charge in [-0.25, -0.2) is 0 Å². The molecule has 0 saturated heterocycles. The highest BCUT2D eigenvalue weighted by Gasteiger charge is 2.13. The first-order valence-corrected chi connectivity index (χ1v) is 5.54. The van der Waals surface area contributed by atoms with Crippen molar-refractivity contribution >= 4 is 0 Å². The van der Waals surface area contributed by atoms with Gasteiger partial charge in [0.15, 0.2) is 0 Å². The number of aryl methyl sites for hydroxylation is 2. The van der Waals surface area contributed by atoms with Crippen LogP contribution in [0.1, 0.15) is 11.4 Å². The van der Waals surface area contributed by atoms with E-state index in [1.54, 1.807) is 7.11 Å². The molecule has 0 aliphatic carbocycles. The zero-order valence-corrected chi connectivity index (χ0v) is 10.4. The molecule has 4 nitrogen and oxygen atoms in total. The summed E-state index contributed by atoms with van der Waals surface area (Å²) in [4.78, 5) is 0. The van der Waals surface area contributed by atoms with Gasteiger partial charge in [0.05, 0.1) is 18.5 Å². The summed E-state index contributed by atoms with van der Waals surface area (Å²) in [6, 6.07) is 7.95. The lowest BCUT2D eigenvalue weighted by Gasteiger charge is -2.06. The molecule has 0 fully saturated rings. The molecule has 0 aliphatic rings. The maximum absolute atomic E-state index is 5.78. The van der Waals surface area contributed by atoms with Crippen LogP contribution in [-0.4, -0.2) is 16.9 Å². The van der Waals surface area contributed by atoms with E-state index in [4.69, 9.17) is 10.5 Å². The molecule has 0 spiro atoms. The van der Waals surface area contributed by atoms with Crippen LogP contribution in [0.15, 0.2) is 24.3 Å². The lowest BCUT2D eigenvalue weighted by molar-refractivity contribution is 0.415. The van der Waals surface area contributed by atoms with Crippen molar-refractivity contribution in [2.45, 2.75) is 13.5 Å². The number of ether oxygens (including phenoxy) is 1. The van der Waals surface area contributed by atoms with E-state index in [0.29, 0.717) is 6.54 Å². The van der Waals surface area contributed by atoms with E-state index in [2.05, 4.69) is 5.10 Å². The molecule has 0 amide bonds. The van der Waals surface area contributed by atoms with Crippen molar-refractivity contribution in [2.24, 2.45) is 12.8 Å². The SMILES string of the molecule is COc1cccc(-c2c(C)nn(C)c2CN)c1. The van der Waals surface area contributed by atoms with Crippen LogP contribution in [-0.2, 0) is 13.6 Å². The number of nitrogens with two attached hydrogens (primary N) is 1. The third-order valence-corrected chi connectivity index (χ3v) is 2.89. The molecule has 90 valence electrons. The monoisotopic (exact) mass is 231 g/mol. The van der Waals surface area contributed by atoms with E-state index in [1.165, 1.54) is 0 Å². The Morgan fingerprint density at radius 2 is 2.18 bits per heavy atom. The maximum Gasteiger partial charge on any atom is 0.119 e. The molecule has 4 heteroatoms. The Balaban J connectivity index is 2.59. The normalized spacial score (nSPS) is 10.6. The highest BCUT2D eigenvalue weighted by molar-refractivity contribution is 5.70. The predicted octanol–water partition coefficient (Wildman–Crippen LogP) is 1.86. The van der Waals surface area contributed by atoms with Gasteiger partial charge in [-0.05, 0) is 24.6 Å². The zero-order valence-electron chi connectivity index (χ0n) is 10.4. The molecule has 0 atom stereocenters. The Bertz CT molecular complexity index is 531.